The van der Waals surface area contributed by atoms with E-state index in [0.29, 0.717) is 43.0 Å². The van der Waals surface area contributed by atoms with Crippen LogP contribution >= 0.6 is 0 Å². The van der Waals surface area contributed by atoms with Gasteiger partial charge in [0.1, 0.15) is 11.5 Å². The number of pyridine rings is 1. The number of H-pyrrole nitrogens is 1. The van der Waals surface area contributed by atoms with Crippen molar-refractivity contribution in [2.45, 2.75) is 45.6 Å². The number of fused-ring (bicyclic) bond motifs is 1. The monoisotopic (exact) mass is 425 g/mol. The molecule has 0 spiro atoms. The standard InChI is InChI=1S/C23H28FN5O2/c1-23(2,3)20-18-13-15(14-25-10-12-28-11-4-5-19(28)30)22(31)26-21(18)29(27-20)17-8-6-16(24)7-9-17/h6-9,13,25H,4-5,10-12,14H2,1-3H3,(H,26,31). The van der Waals surface area contributed by atoms with Gasteiger partial charge in [0.05, 0.1) is 11.4 Å². The number of aromatic nitrogens is 3. The summed E-state index contributed by atoms with van der Waals surface area (Å²) in [6.07, 6.45) is 1.55. The van der Waals surface area contributed by atoms with Gasteiger partial charge in [-0.2, -0.15) is 5.10 Å². The number of hydrogen-bond donors (Lipinski definition) is 2. The van der Waals surface area contributed by atoms with Crippen molar-refractivity contribution in [2.75, 3.05) is 19.6 Å². The summed E-state index contributed by atoms with van der Waals surface area (Å²) in [4.78, 5) is 29.3. The second-order valence-electron chi connectivity index (χ2n) is 9.03. The number of carbonyl (C=O) groups is 1. The Morgan fingerprint density at radius 3 is 2.58 bits per heavy atom. The molecule has 8 heteroatoms. The lowest BCUT2D eigenvalue weighted by Crippen LogP contribution is -2.33. The van der Waals surface area contributed by atoms with Gasteiger partial charge < -0.3 is 15.2 Å². The maximum absolute atomic E-state index is 13.4. The summed E-state index contributed by atoms with van der Waals surface area (Å²) in [5.41, 5.74) is 2.30. The molecule has 0 saturated carbocycles. The number of amides is 1. The number of nitrogens with one attached hydrogen (secondary N) is 2. The average molecular weight is 426 g/mol. The van der Waals surface area contributed by atoms with Crippen molar-refractivity contribution in [3.05, 3.63) is 57.8 Å². The molecule has 1 saturated heterocycles. The summed E-state index contributed by atoms with van der Waals surface area (Å²) in [6, 6.07) is 7.92. The van der Waals surface area contributed by atoms with Crippen molar-refractivity contribution in [3.63, 3.8) is 0 Å². The Bertz CT molecular complexity index is 1160. The molecule has 2 N–H and O–H groups in total. The first-order valence-electron chi connectivity index (χ1n) is 10.6. The summed E-state index contributed by atoms with van der Waals surface area (Å²) >= 11 is 0. The molecule has 164 valence electrons. The Hall–Kier alpha value is -3.00. The molecule has 0 aliphatic carbocycles. The van der Waals surface area contributed by atoms with Crippen molar-refractivity contribution in [3.8, 4) is 5.69 Å². The molecule has 0 bridgehead atoms. The Kier molecular flexibility index (Phi) is 5.66. The van der Waals surface area contributed by atoms with E-state index in [9.17, 15) is 14.0 Å². The van der Waals surface area contributed by atoms with Gasteiger partial charge in [-0.05, 0) is 36.8 Å². The normalized spacial score (nSPS) is 14.7. The molecular formula is C23H28FN5O2. The van der Waals surface area contributed by atoms with Crippen LogP contribution in [0.3, 0.4) is 0 Å². The van der Waals surface area contributed by atoms with Crippen LogP contribution in [0.5, 0.6) is 0 Å². The van der Waals surface area contributed by atoms with Crippen molar-refractivity contribution < 1.29 is 9.18 Å². The van der Waals surface area contributed by atoms with Crippen molar-refractivity contribution >= 4 is 16.9 Å². The first-order chi connectivity index (χ1) is 14.7. The molecule has 1 fully saturated rings. The Morgan fingerprint density at radius 1 is 1.19 bits per heavy atom. The largest absolute Gasteiger partial charge is 0.341 e. The first-order valence-corrected chi connectivity index (χ1v) is 10.6. The van der Waals surface area contributed by atoms with Gasteiger partial charge in [0.25, 0.3) is 5.56 Å². The van der Waals surface area contributed by atoms with Crippen LogP contribution in [0.1, 0.15) is 44.9 Å². The van der Waals surface area contributed by atoms with Gasteiger partial charge in [-0.1, -0.05) is 20.8 Å². The van der Waals surface area contributed by atoms with E-state index >= 15 is 0 Å². The fourth-order valence-electron chi connectivity index (χ4n) is 3.95. The van der Waals surface area contributed by atoms with E-state index < -0.39 is 0 Å². The van der Waals surface area contributed by atoms with Crippen LogP contribution in [0.2, 0.25) is 0 Å². The predicted octanol–water partition coefficient (Wildman–Crippen LogP) is 2.86. The van der Waals surface area contributed by atoms with Crippen LogP contribution in [-0.4, -0.2) is 45.2 Å². The highest BCUT2D eigenvalue weighted by Gasteiger charge is 2.24. The summed E-state index contributed by atoms with van der Waals surface area (Å²) in [5.74, 6) is -0.127. The summed E-state index contributed by atoms with van der Waals surface area (Å²) in [5, 5.41) is 8.90. The molecule has 1 amide bonds. The number of aromatic amines is 1. The van der Waals surface area contributed by atoms with Crippen LogP contribution in [0.15, 0.2) is 35.1 Å². The highest BCUT2D eigenvalue weighted by Crippen LogP contribution is 2.30. The number of hydrogen-bond acceptors (Lipinski definition) is 4. The minimum Gasteiger partial charge on any atom is -0.341 e. The van der Waals surface area contributed by atoms with Crippen LogP contribution in [-0.2, 0) is 16.8 Å². The zero-order valence-corrected chi connectivity index (χ0v) is 18.2. The first kappa shape index (κ1) is 21.2. The van der Waals surface area contributed by atoms with E-state index in [-0.39, 0.29) is 22.7 Å². The second kappa shape index (κ2) is 8.26. The Labute approximate surface area is 180 Å². The van der Waals surface area contributed by atoms with Gasteiger partial charge in [0, 0.05) is 49.0 Å². The minimum absolute atomic E-state index is 0.194. The van der Waals surface area contributed by atoms with E-state index in [1.807, 2.05) is 11.0 Å². The van der Waals surface area contributed by atoms with Crippen LogP contribution < -0.4 is 10.9 Å². The molecule has 0 atom stereocenters. The maximum atomic E-state index is 13.4. The fourth-order valence-corrected chi connectivity index (χ4v) is 3.95. The molecule has 0 unspecified atom stereocenters. The third-order valence-corrected chi connectivity index (χ3v) is 5.59. The highest BCUT2D eigenvalue weighted by atomic mass is 19.1. The molecule has 7 nitrogen and oxygen atoms in total. The number of carbonyl (C=O) groups excluding carboxylic acids is 1. The van der Waals surface area contributed by atoms with Gasteiger partial charge >= 0.3 is 0 Å². The van der Waals surface area contributed by atoms with E-state index in [1.54, 1.807) is 16.8 Å². The fraction of sp³-hybridized carbons (Fsp3) is 0.435. The predicted molar refractivity (Wildman–Crippen MR) is 118 cm³/mol. The van der Waals surface area contributed by atoms with Gasteiger partial charge in [0.15, 0.2) is 0 Å². The molecule has 1 aliphatic heterocycles. The zero-order chi connectivity index (χ0) is 22.2. The van der Waals surface area contributed by atoms with Gasteiger partial charge in [-0.25, -0.2) is 9.07 Å². The maximum Gasteiger partial charge on any atom is 0.254 e. The lowest BCUT2D eigenvalue weighted by Gasteiger charge is -2.16. The lowest BCUT2D eigenvalue weighted by molar-refractivity contribution is -0.127. The zero-order valence-electron chi connectivity index (χ0n) is 18.2. The van der Waals surface area contributed by atoms with E-state index in [1.165, 1.54) is 12.1 Å². The quantitative estimate of drug-likeness (QED) is 0.595. The third-order valence-electron chi connectivity index (χ3n) is 5.59. The third kappa shape index (κ3) is 4.39. The Balaban J connectivity index is 1.62. The summed E-state index contributed by atoms with van der Waals surface area (Å²) in [7, 11) is 0. The molecular weight excluding hydrogens is 397 g/mol. The van der Waals surface area contributed by atoms with E-state index in [2.05, 4.69) is 31.1 Å². The van der Waals surface area contributed by atoms with Crippen LogP contribution in [0, 0.1) is 5.82 Å². The molecule has 2 aromatic heterocycles. The van der Waals surface area contributed by atoms with Crippen LogP contribution in [0.25, 0.3) is 16.7 Å². The number of benzene rings is 1. The van der Waals surface area contributed by atoms with Crippen molar-refractivity contribution in [1.82, 2.24) is 25.0 Å². The minimum atomic E-state index is -0.325. The van der Waals surface area contributed by atoms with E-state index in [4.69, 9.17) is 5.10 Å². The summed E-state index contributed by atoms with van der Waals surface area (Å²) < 4.78 is 15.0. The van der Waals surface area contributed by atoms with Gasteiger partial charge in [0.2, 0.25) is 5.91 Å². The highest BCUT2D eigenvalue weighted by molar-refractivity contribution is 5.81. The Morgan fingerprint density at radius 2 is 1.94 bits per heavy atom. The summed E-state index contributed by atoms with van der Waals surface area (Å²) in [6.45, 7) is 8.70. The number of nitrogens with zero attached hydrogens (tertiary/aromatic N) is 3. The number of likely N-dealkylation sites (tertiary alicyclic amines) is 1. The van der Waals surface area contributed by atoms with Crippen LogP contribution in [0.4, 0.5) is 4.39 Å². The molecule has 1 aliphatic rings. The van der Waals surface area contributed by atoms with Crippen molar-refractivity contribution in [1.29, 1.82) is 0 Å². The molecule has 31 heavy (non-hydrogen) atoms. The lowest BCUT2D eigenvalue weighted by atomic mass is 9.90. The number of halogens is 1. The number of rotatable bonds is 6. The SMILES string of the molecule is CC(C)(C)c1nn(-c2ccc(F)cc2)c2[nH]c(=O)c(CNCCN3CCCC3=O)cc12. The van der Waals surface area contributed by atoms with E-state index in [0.717, 1.165) is 24.0 Å². The topological polar surface area (TPSA) is 83.0 Å². The smallest absolute Gasteiger partial charge is 0.254 e. The molecule has 3 heterocycles. The molecule has 4 rings (SSSR count). The molecule has 3 aromatic rings. The average Bonchev–Trinajstić information content (AvgIpc) is 3.29. The second-order valence-corrected chi connectivity index (χ2v) is 9.03. The van der Waals surface area contributed by atoms with Crippen molar-refractivity contribution in [2.24, 2.45) is 0 Å². The molecule has 0 radical (unpaired) electrons. The van der Waals surface area contributed by atoms with Gasteiger partial charge in [-0.15, -0.1) is 0 Å². The van der Waals surface area contributed by atoms with Gasteiger partial charge in [-0.3, -0.25) is 9.59 Å². The molecule has 1 aromatic carbocycles.